The van der Waals surface area contributed by atoms with Gasteiger partial charge in [0.25, 0.3) is 0 Å². The van der Waals surface area contributed by atoms with E-state index in [1.807, 2.05) is 0 Å². The first-order valence-corrected chi connectivity index (χ1v) is 12.4. The fourth-order valence-corrected chi connectivity index (χ4v) is 8.05. The van der Waals surface area contributed by atoms with Crippen LogP contribution in [0.25, 0.3) is 0 Å². The van der Waals surface area contributed by atoms with Crippen molar-refractivity contribution in [1.82, 2.24) is 0 Å². The van der Waals surface area contributed by atoms with Gasteiger partial charge in [-0.15, -0.1) is 0 Å². The predicted octanol–water partition coefficient (Wildman–Crippen LogP) is 4.57. The Bertz CT molecular complexity index is 924. The van der Waals surface area contributed by atoms with Gasteiger partial charge in [-0.2, -0.15) is 21.6 Å². The summed E-state index contributed by atoms with van der Waals surface area (Å²) in [7, 11) is -5.71. The highest BCUT2D eigenvalue weighted by atomic mass is 32.2. The zero-order valence-corrected chi connectivity index (χ0v) is 18.7. The number of carbonyl (C=O) groups excluding carboxylic acids is 2. The summed E-state index contributed by atoms with van der Waals surface area (Å²) in [4.78, 5) is 24.3. The van der Waals surface area contributed by atoms with Gasteiger partial charge in [0.15, 0.2) is 5.78 Å². The molecule has 4 rings (SSSR count). The molecular weight excluding hydrogens is 433 g/mol. The minimum atomic E-state index is -5.71. The van der Waals surface area contributed by atoms with E-state index < -0.39 is 27.6 Å². The van der Waals surface area contributed by atoms with E-state index in [0.29, 0.717) is 19.3 Å². The third-order valence-electron chi connectivity index (χ3n) is 8.93. The van der Waals surface area contributed by atoms with E-state index in [-0.39, 0.29) is 47.1 Å². The monoisotopic (exact) mass is 462 g/mol. The van der Waals surface area contributed by atoms with Crippen LogP contribution in [0.1, 0.15) is 65.2 Å². The molecule has 3 saturated carbocycles. The van der Waals surface area contributed by atoms with Crippen LogP contribution >= 0.6 is 0 Å². The molecule has 0 unspecified atom stereocenters. The molecule has 0 aromatic rings. The van der Waals surface area contributed by atoms with Crippen molar-refractivity contribution in [1.29, 1.82) is 0 Å². The molecule has 0 saturated heterocycles. The first kappa shape index (κ1) is 23.0. The molecule has 0 heterocycles. The van der Waals surface area contributed by atoms with Gasteiger partial charge in [0.1, 0.15) is 5.78 Å². The van der Waals surface area contributed by atoms with E-state index in [9.17, 15) is 31.2 Å². The normalized spacial score (nSPS) is 40.5. The molecule has 0 amide bonds. The summed E-state index contributed by atoms with van der Waals surface area (Å²) in [6.07, 6.45) is 6.57. The molecule has 6 atom stereocenters. The van der Waals surface area contributed by atoms with E-state index in [1.165, 1.54) is 6.08 Å². The van der Waals surface area contributed by atoms with Gasteiger partial charge in [-0.3, -0.25) is 13.8 Å². The zero-order chi connectivity index (χ0) is 22.8. The van der Waals surface area contributed by atoms with Gasteiger partial charge in [0.2, 0.25) is 0 Å². The van der Waals surface area contributed by atoms with Crippen LogP contribution in [0, 0.1) is 34.5 Å². The summed E-state index contributed by atoms with van der Waals surface area (Å²) in [6, 6.07) is 0. The Morgan fingerprint density at radius 3 is 2.48 bits per heavy atom. The first-order chi connectivity index (χ1) is 14.3. The van der Waals surface area contributed by atoms with Crippen molar-refractivity contribution in [3.05, 3.63) is 11.6 Å². The Balaban J connectivity index is 1.68. The van der Waals surface area contributed by atoms with Gasteiger partial charge in [0, 0.05) is 17.8 Å². The number of rotatable bonds is 4. The maximum atomic E-state index is 12.9. The third-order valence-corrected chi connectivity index (χ3v) is 9.93. The standard InChI is InChI=1S/C22H29F3O5S/c1-13(26)17-5-6-18-16-4-3-14-11-15(27)7-10-21(14,19(16)8-9-20(17,18)2)12-30-31(28,29)22(23,24)25/h11,16-19H,3-10,12H2,1-2H3/t16-,17+,18-,19-,20+,21+/m0/s1. The van der Waals surface area contributed by atoms with Crippen molar-refractivity contribution in [2.45, 2.75) is 70.7 Å². The number of Topliss-reactive ketones (excluding diaryl/α,β-unsaturated/α-hetero) is 1. The average molecular weight is 463 g/mol. The van der Waals surface area contributed by atoms with Crippen LogP contribution in [-0.2, 0) is 23.9 Å². The van der Waals surface area contributed by atoms with Crippen molar-refractivity contribution in [2.75, 3.05) is 6.61 Å². The molecule has 9 heteroatoms. The van der Waals surface area contributed by atoms with E-state index >= 15 is 0 Å². The molecule has 0 N–H and O–H groups in total. The molecule has 31 heavy (non-hydrogen) atoms. The minimum absolute atomic E-state index is 0.00105. The molecule has 4 aliphatic rings. The lowest BCUT2D eigenvalue weighted by Gasteiger charge is -2.58. The Morgan fingerprint density at radius 1 is 1.13 bits per heavy atom. The molecule has 4 aliphatic carbocycles. The van der Waals surface area contributed by atoms with Crippen LogP contribution < -0.4 is 0 Å². The van der Waals surface area contributed by atoms with E-state index in [4.69, 9.17) is 0 Å². The molecule has 0 aromatic heterocycles. The van der Waals surface area contributed by atoms with E-state index in [1.54, 1.807) is 6.92 Å². The number of carbonyl (C=O) groups is 2. The molecule has 174 valence electrons. The second kappa shape index (κ2) is 7.40. The molecule has 0 aliphatic heterocycles. The van der Waals surface area contributed by atoms with E-state index in [0.717, 1.165) is 31.3 Å². The minimum Gasteiger partial charge on any atom is -0.300 e. The van der Waals surface area contributed by atoms with Crippen LogP contribution in [0.2, 0.25) is 0 Å². The number of hydrogen-bond donors (Lipinski definition) is 0. The quantitative estimate of drug-likeness (QED) is 0.452. The molecule has 0 radical (unpaired) electrons. The number of alkyl halides is 3. The highest BCUT2D eigenvalue weighted by molar-refractivity contribution is 7.87. The molecule has 3 fully saturated rings. The lowest BCUT2D eigenvalue weighted by molar-refractivity contribution is -0.130. The lowest BCUT2D eigenvalue weighted by atomic mass is 9.46. The Morgan fingerprint density at radius 2 is 1.84 bits per heavy atom. The smallest absolute Gasteiger partial charge is 0.300 e. The largest absolute Gasteiger partial charge is 0.523 e. The number of hydrogen-bond acceptors (Lipinski definition) is 5. The fraction of sp³-hybridized carbons (Fsp3) is 0.818. The number of halogens is 3. The summed E-state index contributed by atoms with van der Waals surface area (Å²) < 4.78 is 66.8. The van der Waals surface area contributed by atoms with E-state index in [2.05, 4.69) is 11.1 Å². The van der Waals surface area contributed by atoms with Crippen molar-refractivity contribution in [3.63, 3.8) is 0 Å². The average Bonchev–Trinajstić information content (AvgIpc) is 3.03. The predicted molar refractivity (Wildman–Crippen MR) is 106 cm³/mol. The molecular formula is C22H29F3O5S. The summed E-state index contributed by atoms with van der Waals surface area (Å²) in [5.74, 6) is 0.536. The zero-order valence-electron chi connectivity index (χ0n) is 17.8. The lowest BCUT2D eigenvalue weighted by Crippen LogP contribution is -2.54. The summed E-state index contributed by atoms with van der Waals surface area (Å²) >= 11 is 0. The van der Waals surface area contributed by atoms with Gasteiger partial charge < -0.3 is 0 Å². The van der Waals surface area contributed by atoms with Crippen LogP contribution in [-0.4, -0.2) is 32.1 Å². The Hall–Kier alpha value is -1.22. The van der Waals surface area contributed by atoms with Gasteiger partial charge in [-0.25, -0.2) is 0 Å². The maximum Gasteiger partial charge on any atom is 0.523 e. The topological polar surface area (TPSA) is 77.5 Å². The highest BCUT2D eigenvalue weighted by Gasteiger charge is 2.61. The van der Waals surface area contributed by atoms with Crippen molar-refractivity contribution in [3.8, 4) is 0 Å². The Labute approximate surface area is 180 Å². The van der Waals surface area contributed by atoms with Gasteiger partial charge in [-0.05, 0) is 81.1 Å². The Kier molecular flexibility index (Phi) is 5.48. The van der Waals surface area contributed by atoms with Crippen molar-refractivity contribution >= 4 is 21.7 Å². The number of ketones is 2. The van der Waals surface area contributed by atoms with Gasteiger partial charge in [-0.1, -0.05) is 12.5 Å². The van der Waals surface area contributed by atoms with Crippen LogP contribution in [0.5, 0.6) is 0 Å². The van der Waals surface area contributed by atoms with Crippen molar-refractivity contribution < 1.29 is 35.4 Å². The van der Waals surface area contributed by atoms with Gasteiger partial charge in [0.05, 0.1) is 6.61 Å². The molecule has 0 aromatic carbocycles. The first-order valence-electron chi connectivity index (χ1n) is 11.0. The molecule has 0 spiro atoms. The third kappa shape index (κ3) is 3.50. The fourth-order valence-electron chi connectivity index (χ4n) is 7.55. The second-order valence-electron chi connectivity index (χ2n) is 10.2. The van der Waals surface area contributed by atoms with Crippen LogP contribution in [0.4, 0.5) is 13.2 Å². The summed E-state index contributed by atoms with van der Waals surface area (Å²) in [5, 5.41) is 0. The molecule has 0 bridgehead atoms. The summed E-state index contributed by atoms with van der Waals surface area (Å²) in [6.45, 7) is 3.23. The van der Waals surface area contributed by atoms with Crippen molar-refractivity contribution in [2.24, 2.45) is 34.5 Å². The van der Waals surface area contributed by atoms with Crippen LogP contribution in [0.3, 0.4) is 0 Å². The second-order valence-corrected chi connectivity index (χ2v) is 11.8. The maximum absolute atomic E-state index is 12.9. The summed E-state index contributed by atoms with van der Waals surface area (Å²) in [5.41, 5.74) is -5.73. The number of fused-ring (bicyclic) bond motifs is 5. The highest BCUT2D eigenvalue weighted by Crippen LogP contribution is 2.66. The van der Waals surface area contributed by atoms with Crippen LogP contribution in [0.15, 0.2) is 11.6 Å². The molecule has 5 nitrogen and oxygen atoms in total. The van der Waals surface area contributed by atoms with Gasteiger partial charge >= 0.3 is 15.6 Å². The SMILES string of the molecule is CC(=O)[C@H]1CC[C@H]2[C@@H]3CCC4=CC(=O)CC[C@]4(COS(=O)(=O)C(F)(F)F)[C@H]3CC[C@]12C.